The molecule has 1 aliphatic heterocycles. The van der Waals surface area contributed by atoms with Crippen LogP contribution >= 0.6 is 11.8 Å². The fourth-order valence-electron chi connectivity index (χ4n) is 3.74. The Hall–Kier alpha value is -3.57. The van der Waals surface area contributed by atoms with Crippen LogP contribution in [-0.4, -0.2) is 35.8 Å². The van der Waals surface area contributed by atoms with E-state index in [0.29, 0.717) is 34.3 Å². The van der Waals surface area contributed by atoms with Crippen molar-refractivity contribution in [1.82, 2.24) is 15.6 Å². The molecule has 0 fully saturated rings. The van der Waals surface area contributed by atoms with Crippen LogP contribution in [0.15, 0.2) is 71.0 Å². The molecular formula is C27H30N4O3S. The molecule has 1 aliphatic rings. The molecule has 7 nitrogen and oxygen atoms in total. The first kappa shape index (κ1) is 26.0. The van der Waals surface area contributed by atoms with Gasteiger partial charge < -0.3 is 15.4 Å². The van der Waals surface area contributed by atoms with Crippen LogP contribution in [0.2, 0.25) is 0 Å². The van der Waals surface area contributed by atoms with E-state index < -0.39 is 11.9 Å². The number of dihydropyridines is 1. The zero-order chi connectivity index (χ0) is 25.2. The maximum atomic E-state index is 13.2. The summed E-state index contributed by atoms with van der Waals surface area (Å²) in [5, 5.41) is 17.0. The molecule has 1 atom stereocenters. The van der Waals surface area contributed by atoms with Crippen molar-refractivity contribution < 1.29 is 14.3 Å². The average Bonchev–Trinajstić information content (AvgIpc) is 2.87. The van der Waals surface area contributed by atoms with E-state index in [2.05, 4.69) is 35.5 Å². The summed E-state index contributed by atoms with van der Waals surface area (Å²) in [4.78, 5) is 29.8. The number of hydrogen-bond acceptors (Lipinski definition) is 7. The van der Waals surface area contributed by atoms with Gasteiger partial charge in [-0.1, -0.05) is 55.9 Å². The number of nitrogens with one attached hydrogen (secondary N) is 2. The summed E-state index contributed by atoms with van der Waals surface area (Å²) in [7, 11) is 0. The molecule has 0 radical (unpaired) electrons. The maximum absolute atomic E-state index is 13.2. The van der Waals surface area contributed by atoms with E-state index in [9.17, 15) is 14.9 Å². The lowest BCUT2D eigenvalue weighted by Gasteiger charge is -2.30. The normalized spacial score (nSPS) is 15.5. The summed E-state index contributed by atoms with van der Waals surface area (Å²) in [5.74, 6) is -0.624. The van der Waals surface area contributed by atoms with Gasteiger partial charge in [0.15, 0.2) is 0 Å². The second kappa shape index (κ2) is 12.8. The summed E-state index contributed by atoms with van der Waals surface area (Å²) in [6, 6.07) is 15.3. The van der Waals surface area contributed by atoms with Crippen molar-refractivity contribution in [1.29, 1.82) is 5.26 Å². The molecule has 182 valence electrons. The smallest absolute Gasteiger partial charge is 0.337 e. The average molecular weight is 491 g/mol. The lowest BCUT2D eigenvalue weighted by Crippen LogP contribution is -2.31. The third kappa shape index (κ3) is 6.74. The van der Waals surface area contributed by atoms with Crippen LogP contribution in [0, 0.1) is 17.2 Å². The quantitative estimate of drug-likeness (QED) is 0.477. The van der Waals surface area contributed by atoms with Gasteiger partial charge in [-0.2, -0.15) is 5.26 Å². The van der Waals surface area contributed by atoms with E-state index in [1.807, 2.05) is 30.3 Å². The minimum atomic E-state index is -0.662. The zero-order valence-electron chi connectivity index (χ0n) is 20.2. The van der Waals surface area contributed by atoms with Gasteiger partial charge in [-0.15, -0.1) is 0 Å². The van der Waals surface area contributed by atoms with Crippen molar-refractivity contribution in [3.8, 4) is 6.07 Å². The van der Waals surface area contributed by atoms with E-state index in [0.717, 1.165) is 17.5 Å². The number of esters is 1. The molecular weight excluding hydrogens is 460 g/mol. The number of allylic oxidation sites excluding steroid dienone is 1. The number of nitriles is 1. The fraction of sp³-hybridized carbons (Fsp3) is 0.333. The maximum Gasteiger partial charge on any atom is 0.337 e. The highest BCUT2D eigenvalue weighted by Crippen LogP contribution is 2.43. The van der Waals surface area contributed by atoms with Gasteiger partial charge in [0, 0.05) is 18.9 Å². The number of pyridine rings is 1. The molecule has 1 aromatic heterocycles. The lowest BCUT2D eigenvalue weighted by atomic mass is 9.81. The first-order chi connectivity index (χ1) is 17.0. The third-order valence-corrected chi connectivity index (χ3v) is 6.46. The van der Waals surface area contributed by atoms with Crippen molar-refractivity contribution in [2.75, 3.05) is 18.9 Å². The van der Waals surface area contributed by atoms with E-state index >= 15 is 0 Å². The van der Waals surface area contributed by atoms with E-state index in [1.54, 1.807) is 31.5 Å². The van der Waals surface area contributed by atoms with Gasteiger partial charge in [0.2, 0.25) is 5.91 Å². The van der Waals surface area contributed by atoms with E-state index in [1.165, 1.54) is 11.8 Å². The Morgan fingerprint density at radius 1 is 1.20 bits per heavy atom. The number of rotatable bonds is 10. The molecule has 3 rings (SSSR count). The molecule has 1 amide bonds. The largest absolute Gasteiger partial charge is 0.463 e. The molecule has 0 saturated carbocycles. The second-order valence-corrected chi connectivity index (χ2v) is 9.38. The highest BCUT2D eigenvalue weighted by Gasteiger charge is 2.37. The summed E-state index contributed by atoms with van der Waals surface area (Å²) < 4.78 is 5.42. The van der Waals surface area contributed by atoms with Crippen LogP contribution in [0.25, 0.3) is 5.70 Å². The molecule has 8 heteroatoms. The number of carbonyl (C=O) groups is 2. The van der Waals surface area contributed by atoms with Gasteiger partial charge in [0.1, 0.15) is 0 Å². The lowest BCUT2D eigenvalue weighted by molar-refractivity contribution is -0.138. The third-order valence-electron chi connectivity index (χ3n) is 5.44. The summed E-state index contributed by atoms with van der Waals surface area (Å²) in [5.41, 5.74) is 2.80. The predicted molar refractivity (Wildman–Crippen MR) is 138 cm³/mol. The Labute approximate surface area is 210 Å². The molecule has 2 N–H and O–H groups in total. The summed E-state index contributed by atoms with van der Waals surface area (Å²) in [6.07, 6.45) is 4.16. The SMILES string of the molecule is CCOC(=O)C1=C(c2ccccc2)NC(SCC(=O)NCCC(C)C)=C(C#N)[C@H]1c1ccncc1. The molecule has 2 aromatic rings. The van der Waals surface area contributed by atoms with Gasteiger partial charge in [-0.3, -0.25) is 9.78 Å². The van der Waals surface area contributed by atoms with Crippen molar-refractivity contribution in [2.24, 2.45) is 5.92 Å². The number of ether oxygens (including phenoxy) is 1. The number of aromatic nitrogens is 1. The second-order valence-electron chi connectivity index (χ2n) is 8.39. The standard InChI is InChI=1S/C27H30N4O3S/c1-4-34-27(33)24-23(19-11-13-29-14-12-19)21(16-28)26(31-25(24)20-8-6-5-7-9-20)35-17-22(32)30-15-10-18(2)3/h5-9,11-14,18,23,31H,4,10,15,17H2,1-3H3,(H,30,32)/t23-/m1/s1. The summed E-state index contributed by atoms with van der Waals surface area (Å²) in [6.45, 7) is 6.77. The number of carbonyl (C=O) groups excluding carboxylic acids is 2. The molecule has 0 aliphatic carbocycles. The number of amides is 1. The van der Waals surface area contributed by atoms with Crippen LogP contribution < -0.4 is 10.6 Å². The van der Waals surface area contributed by atoms with Gasteiger partial charge in [0.05, 0.1) is 46.2 Å². The monoisotopic (exact) mass is 490 g/mol. The van der Waals surface area contributed by atoms with Crippen molar-refractivity contribution in [2.45, 2.75) is 33.1 Å². The van der Waals surface area contributed by atoms with Crippen LogP contribution in [0.5, 0.6) is 0 Å². The zero-order valence-corrected chi connectivity index (χ0v) is 21.0. The highest BCUT2D eigenvalue weighted by atomic mass is 32.2. The number of hydrogen-bond donors (Lipinski definition) is 2. The minimum Gasteiger partial charge on any atom is -0.463 e. The van der Waals surface area contributed by atoms with E-state index in [-0.39, 0.29) is 18.3 Å². The molecule has 0 unspecified atom stereocenters. The molecule has 0 spiro atoms. The molecule has 0 bridgehead atoms. The topological polar surface area (TPSA) is 104 Å². The highest BCUT2D eigenvalue weighted by molar-refractivity contribution is 8.03. The molecule has 0 saturated heterocycles. The number of nitrogens with zero attached hydrogens (tertiary/aromatic N) is 2. The van der Waals surface area contributed by atoms with Crippen LogP contribution in [0.3, 0.4) is 0 Å². The fourth-order valence-corrected chi connectivity index (χ4v) is 4.61. The Kier molecular flexibility index (Phi) is 9.50. The first-order valence-corrected chi connectivity index (χ1v) is 12.6. The van der Waals surface area contributed by atoms with Crippen molar-refractivity contribution in [3.63, 3.8) is 0 Å². The Morgan fingerprint density at radius 3 is 2.54 bits per heavy atom. The first-order valence-electron chi connectivity index (χ1n) is 11.6. The number of benzene rings is 1. The van der Waals surface area contributed by atoms with Crippen molar-refractivity contribution in [3.05, 3.63) is 82.2 Å². The van der Waals surface area contributed by atoms with Crippen molar-refractivity contribution >= 4 is 29.3 Å². The number of thioether (sulfide) groups is 1. The summed E-state index contributed by atoms with van der Waals surface area (Å²) >= 11 is 1.25. The Balaban J connectivity index is 2.04. The van der Waals surface area contributed by atoms with E-state index in [4.69, 9.17) is 4.74 Å². The van der Waals surface area contributed by atoms with Gasteiger partial charge in [-0.05, 0) is 42.5 Å². The minimum absolute atomic E-state index is 0.107. The van der Waals surface area contributed by atoms with Crippen LogP contribution in [0.4, 0.5) is 0 Å². The predicted octanol–water partition coefficient (Wildman–Crippen LogP) is 4.37. The molecule has 1 aromatic carbocycles. The molecule has 2 heterocycles. The van der Waals surface area contributed by atoms with Gasteiger partial charge in [0.25, 0.3) is 0 Å². The Morgan fingerprint density at radius 2 is 1.91 bits per heavy atom. The molecule has 35 heavy (non-hydrogen) atoms. The Bertz CT molecular complexity index is 1140. The van der Waals surface area contributed by atoms with Gasteiger partial charge in [-0.25, -0.2) is 4.79 Å². The van der Waals surface area contributed by atoms with Crippen LogP contribution in [-0.2, 0) is 14.3 Å². The van der Waals surface area contributed by atoms with Gasteiger partial charge >= 0.3 is 5.97 Å². The van der Waals surface area contributed by atoms with Crippen LogP contribution in [0.1, 0.15) is 44.2 Å².